The molecule has 1 heterocycles. The zero-order chi connectivity index (χ0) is 16.2. The molecule has 23 heavy (non-hydrogen) atoms. The lowest BCUT2D eigenvalue weighted by Crippen LogP contribution is -2.00. The predicted molar refractivity (Wildman–Crippen MR) is 84.8 cm³/mol. The summed E-state index contributed by atoms with van der Waals surface area (Å²) in [4.78, 5) is 10.8. The quantitative estimate of drug-likeness (QED) is 0.797. The molecule has 0 amide bonds. The fourth-order valence-electron chi connectivity index (χ4n) is 2.11. The van der Waals surface area contributed by atoms with Gasteiger partial charge in [-0.1, -0.05) is 43.3 Å². The van der Waals surface area contributed by atoms with Crippen LogP contribution in [0.25, 0.3) is 22.8 Å². The van der Waals surface area contributed by atoms with Crippen molar-refractivity contribution in [1.29, 1.82) is 0 Å². The molecule has 0 saturated carbocycles. The number of aryl methyl sites for hydroxylation is 1. The molecule has 0 radical (unpaired) electrons. The Morgan fingerprint density at radius 2 is 1.26 bits per heavy atom. The summed E-state index contributed by atoms with van der Waals surface area (Å²) in [6.07, 6.45) is 0.975. The molecule has 2 aromatic carbocycles. The van der Waals surface area contributed by atoms with E-state index in [9.17, 15) is 4.79 Å². The zero-order valence-electron chi connectivity index (χ0n) is 12.5. The standard InChI is InChI=1S/C17H14N4O2/c1-2-11-3-5-12(6-4-11)15-18-20-16(21-19-15)13-7-9-14(10-8-13)17(22)23/h3-10H,2H2,1H3,(H,22,23). The molecule has 3 rings (SSSR count). The van der Waals surface area contributed by atoms with Gasteiger partial charge in [-0.05, 0) is 24.1 Å². The molecule has 0 aliphatic rings. The van der Waals surface area contributed by atoms with Crippen molar-refractivity contribution in [2.45, 2.75) is 13.3 Å². The maximum Gasteiger partial charge on any atom is 0.335 e. The Morgan fingerprint density at radius 1 is 0.826 bits per heavy atom. The summed E-state index contributed by atoms with van der Waals surface area (Å²) in [5.74, 6) is -0.158. The molecule has 0 aliphatic carbocycles. The molecule has 0 unspecified atom stereocenters. The molecule has 1 aromatic heterocycles. The summed E-state index contributed by atoms with van der Waals surface area (Å²) in [5.41, 5.74) is 2.98. The number of hydrogen-bond acceptors (Lipinski definition) is 5. The van der Waals surface area contributed by atoms with Crippen molar-refractivity contribution in [1.82, 2.24) is 20.4 Å². The molecule has 114 valence electrons. The minimum absolute atomic E-state index is 0.210. The van der Waals surface area contributed by atoms with Gasteiger partial charge in [-0.3, -0.25) is 0 Å². The molecule has 0 saturated heterocycles. The van der Waals surface area contributed by atoms with Crippen LogP contribution < -0.4 is 0 Å². The monoisotopic (exact) mass is 306 g/mol. The van der Waals surface area contributed by atoms with E-state index < -0.39 is 5.97 Å². The van der Waals surface area contributed by atoms with Gasteiger partial charge in [0.25, 0.3) is 0 Å². The molecule has 0 atom stereocenters. The highest BCUT2D eigenvalue weighted by atomic mass is 16.4. The fourth-order valence-corrected chi connectivity index (χ4v) is 2.11. The van der Waals surface area contributed by atoms with Crippen LogP contribution in [0.15, 0.2) is 48.5 Å². The molecular formula is C17H14N4O2. The number of carboxylic acids is 1. The topological polar surface area (TPSA) is 88.9 Å². The van der Waals surface area contributed by atoms with Gasteiger partial charge in [0.2, 0.25) is 11.6 Å². The molecular weight excluding hydrogens is 292 g/mol. The van der Waals surface area contributed by atoms with Crippen molar-refractivity contribution in [3.63, 3.8) is 0 Å². The van der Waals surface area contributed by atoms with E-state index in [0.717, 1.165) is 12.0 Å². The summed E-state index contributed by atoms with van der Waals surface area (Å²) in [5, 5.41) is 25.2. The molecule has 3 aromatic rings. The van der Waals surface area contributed by atoms with Gasteiger partial charge in [0, 0.05) is 11.1 Å². The first-order valence-electron chi connectivity index (χ1n) is 7.18. The Kier molecular flexibility index (Phi) is 4.05. The van der Waals surface area contributed by atoms with Crippen LogP contribution in [0.2, 0.25) is 0 Å². The number of nitrogens with zero attached hydrogens (tertiary/aromatic N) is 4. The first-order chi connectivity index (χ1) is 11.2. The molecule has 6 heteroatoms. The van der Waals surface area contributed by atoms with Gasteiger partial charge < -0.3 is 5.11 Å². The minimum Gasteiger partial charge on any atom is -0.478 e. The Labute approximate surface area is 132 Å². The first kappa shape index (κ1) is 14.8. The largest absolute Gasteiger partial charge is 0.478 e. The van der Waals surface area contributed by atoms with Crippen LogP contribution in [0.3, 0.4) is 0 Å². The maximum absolute atomic E-state index is 10.8. The van der Waals surface area contributed by atoms with Crippen LogP contribution in [-0.2, 0) is 6.42 Å². The van der Waals surface area contributed by atoms with Crippen molar-refractivity contribution in [3.8, 4) is 22.8 Å². The van der Waals surface area contributed by atoms with E-state index in [-0.39, 0.29) is 5.56 Å². The molecule has 6 nitrogen and oxygen atoms in total. The Hall–Kier alpha value is -3.15. The van der Waals surface area contributed by atoms with Gasteiger partial charge in [0.1, 0.15) is 0 Å². The van der Waals surface area contributed by atoms with Gasteiger partial charge in [0.05, 0.1) is 5.56 Å². The van der Waals surface area contributed by atoms with Crippen molar-refractivity contribution in [2.24, 2.45) is 0 Å². The van der Waals surface area contributed by atoms with Crippen LogP contribution in [0, 0.1) is 0 Å². The molecule has 0 spiro atoms. The smallest absolute Gasteiger partial charge is 0.335 e. The third-order valence-electron chi connectivity index (χ3n) is 3.49. The maximum atomic E-state index is 10.8. The normalized spacial score (nSPS) is 10.5. The van der Waals surface area contributed by atoms with Crippen LogP contribution in [0.4, 0.5) is 0 Å². The fraction of sp³-hybridized carbons (Fsp3) is 0.118. The van der Waals surface area contributed by atoms with Gasteiger partial charge in [-0.25, -0.2) is 4.79 Å². The van der Waals surface area contributed by atoms with Crippen LogP contribution in [0.1, 0.15) is 22.8 Å². The van der Waals surface area contributed by atoms with Crippen LogP contribution >= 0.6 is 0 Å². The van der Waals surface area contributed by atoms with Crippen LogP contribution in [-0.4, -0.2) is 31.5 Å². The zero-order valence-corrected chi connectivity index (χ0v) is 12.5. The number of aromatic carboxylic acids is 1. The highest BCUT2D eigenvalue weighted by Crippen LogP contribution is 2.17. The van der Waals surface area contributed by atoms with Crippen LogP contribution in [0.5, 0.6) is 0 Å². The summed E-state index contributed by atoms with van der Waals surface area (Å²) < 4.78 is 0. The number of aromatic nitrogens is 4. The van der Waals surface area contributed by atoms with E-state index >= 15 is 0 Å². The van der Waals surface area contributed by atoms with E-state index in [0.29, 0.717) is 17.2 Å². The second kappa shape index (κ2) is 6.31. The van der Waals surface area contributed by atoms with Crippen molar-refractivity contribution >= 4 is 5.97 Å². The Bertz CT molecular complexity index is 813. The van der Waals surface area contributed by atoms with Crippen molar-refractivity contribution < 1.29 is 9.90 Å². The van der Waals surface area contributed by atoms with Gasteiger partial charge in [-0.15, -0.1) is 20.4 Å². The third kappa shape index (κ3) is 3.21. The molecule has 0 aliphatic heterocycles. The van der Waals surface area contributed by atoms with E-state index in [1.165, 1.54) is 17.7 Å². The van der Waals surface area contributed by atoms with Crippen molar-refractivity contribution in [3.05, 3.63) is 59.7 Å². The lowest BCUT2D eigenvalue weighted by molar-refractivity contribution is 0.0697. The molecule has 0 bridgehead atoms. The number of rotatable bonds is 4. The minimum atomic E-state index is -0.973. The number of carboxylic acid groups (broad SMARTS) is 1. The Morgan fingerprint density at radius 3 is 1.65 bits per heavy atom. The van der Waals surface area contributed by atoms with E-state index in [4.69, 9.17) is 5.11 Å². The Balaban J connectivity index is 1.84. The molecule has 1 N–H and O–H groups in total. The lowest BCUT2D eigenvalue weighted by Gasteiger charge is -2.02. The van der Waals surface area contributed by atoms with Gasteiger partial charge in [0.15, 0.2) is 0 Å². The second-order valence-electron chi connectivity index (χ2n) is 4.98. The SMILES string of the molecule is CCc1ccc(-c2nnc(-c3ccc(C(=O)O)cc3)nn2)cc1. The highest BCUT2D eigenvalue weighted by molar-refractivity contribution is 5.88. The summed E-state index contributed by atoms with van der Waals surface area (Å²) in [6.45, 7) is 2.10. The second-order valence-corrected chi connectivity index (χ2v) is 4.98. The third-order valence-corrected chi connectivity index (χ3v) is 3.49. The van der Waals surface area contributed by atoms with Crippen molar-refractivity contribution in [2.75, 3.05) is 0 Å². The summed E-state index contributed by atoms with van der Waals surface area (Å²) >= 11 is 0. The first-order valence-corrected chi connectivity index (χ1v) is 7.18. The summed E-state index contributed by atoms with van der Waals surface area (Å²) in [6, 6.07) is 14.2. The predicted octanol–water partition coefficient (Wildman–Crippen LogP) is 2.86. The highest BCUT2D eigenvalue weighted by Gasteiger charge is 2.08. The van der Waals surface area contributed by atoms with Gasteiger partial charge in [-0.2, -0.15) is 0 Å². The van der Waals surface area contributed by atoms with Gasteiger partial charge >= 0.3 is 5.97 Å². The number of carbonyl (C=O) groups is 1. The summed E-state index contributed by atoms with van der Waals surface area (Å²) in [7, 11) is 0. The lowest BCUT2D eigenvalue weighted by atomic mass is 10.1. The average Bonchev–Trinajstić information content (AvgIpc) is 2.62. The number of benzene rings is 2. The average molecular weight is 306 g/mol. The van der Waals surface area contributed by atoms with E-state index in [2.05, 4.69) is 27.3 Å². The molecule has 0 fully saturated rings. The van der Waals surface area contributed by atoms with E-state index in [1.54, 1.807) is 12.1 Å². The number of hydrogen-bond donors (Lipinski definition) is 1. The van der Waals surface area contributed by atoms with E-state index in [1.807, 2.05) is 24.3 Å².